The zero-order valence-electron chi connectivity index (χ0n) is 19.4. The molecule has 0 bridgehead atoms. The maximum atomic E-state index is 14.5. The van der Waals surface area contributed by atoms with Gasteiger partial charge in [-0.1, -0.05) is 78.9 Å². The lowest BCUT2D eigenvalue weighted by Gasteiger charge is -2.50. The minimum Gasteiger partial charge on any atom is -0.451 e. The predicted molar refractivity (Wildman–Crippen MR) is 132 cm³/mol. The summed E-state index contributed by atoms with van der Waals surface area (Å²) in [5.41, 5.74) is 1.72. The number of halogens is 1. The number of aliphatic hydroxyl groups is 1. The van der Waals surface area contributed by atoms with E-state index in [1.807, 2.05) is 74.5 Å². The van der Waals surface area contributed by atoms with Crippen LogP contribution in [-0.2, 0) is 14.3 Å². The van der Waals surface area contributed by atoms with E-state index in [0.717, 1.165) is 11.1 Å². The lowest BCUT2D eigenvalue weighted by Crippen LogP contribution is -2.66. The third-order valence-corrected chi connectivity index (χ3v) is 8.39. The summed E-state index contributed by atoms with van der Waals surface area (Å²) in [6, 6.07) is 23.9. The summed E-state index contributed by atoms with van der Waals surface area (Å²) >= 11 is 1.32. The molecule has 35 heavy (non-hydrogen) atoms. The van der Waals surface area contributed by atoms with Crippen LogP contribution in [0.4, 0.5) is 4.39 Å². The van der Waals surface area contributed by atoms with Crippen molar-refractivity contribution >= 4 is 23.6 Å². The number of benzene rings is 3. The topological polar surface area (TPSA) is 66.8 Å². The summed E-state index contributed by atoms with van der Waals surface area (Å²) in [6.07, 6.45) is -1.93. The quantitative estimate of drug-likeness (QED) is 0.388. The molecule has 2 fully saturated rings. The normalized spacial score (nSPS) is 23.5. The molecule has 5 rings (SSSR count). The fraction of sp³-hybridized carbons (Fsp3) is 0.286. The van der Waals surface area contributed by atoms with Gasteiger partial charge < -0.3 is 14.7 Å². The second-order valence-corrected chi connectivity index (χ2v) is 11.4. The van der Waals surface area contributed by atoms with Gasteiger partial charge in [0.25, 0.3) is 0 Å². The van der Waals surface area contributed by atoms with Crippen molar-refractivity contribution in [2.75, 3.05) is 0 Å². The zero-order valence-corrected chi connectivity index (χ0v) is 20.2. The Kier molecular flexibility index (Phi) is 5.93. The third kappa shape index (κ3) is 3.93. The van der Waals surface area contributed by atoms with Gasteiger partial charge in [0.2, 0.25) is 5.91 Å². The first-order chi connectivity index (χ1) is 16.7. The number of β-lactam (4-membered cyclic amide) rings is 1. The monoisotopic (exact) mass is 491 g/mol. The van der Waals surface area contributed by atoms with E-state index in [1.165, 1.54) is 28.8 Å². The van der Waals surface area contributed by atoms with Gasteiger partial charge >= 0.3 is 5.97 Å². The second-order valence-electron chi connectivity index (χ2n) is 9.46. The van der Waals surface area contributed by atoms with Gasteiger partial charge in [0.1, 0.15) is 22.8 Å². The number of hydrogen-bond acceptors (Lipinski definition) is 5. The van der Waals surface area contributed by atoms with Crippen LogP contribution in [-0.4, -0.2) is 37.5 Å². The molecule has 2 heterocycles. The molecule has 2 unspecified atom stereocenters. The van der Waals surface area contributed by atoms with Crippen LogP contribution < -0.4 is 0 Å². The van der Waals surface area contributed by atoms with Crippen molar-refractivity contribution in [1.82, 2.24) is 4.90 Å². The van der Waals surface area contributed by atoms with Gasteiger partial charge in [-0.2, -0.15) is 0 Å². The molecule has 0 radical (unpaired) electrons. The zero-order chi connectivity index (χ0) is 24.8. The molecule has 2 aliphatic rings. The molecule has 2 saturated heterocycles. The lowest BCUT2D eigenvalue weighted by molar-refractivity contribution is -0.174. The number of ether oxygens (including phenoxy) is 1. The maximum Gasteiger partial charge on any atom is 0.331 e. The molecule has 1 amide bonds. The predicted octanol–water partition coefficient (Wildman–Crippen LogP) is 5.01. The van der Waals surface area contributed by atoms with Crippen molar-refractivity contribution in [3.05, 3.63) is 107 Å². The van der Waals surface area contributed by atoms with Crippen LogP contribution in [0.2, 0.25) is 0 Å². The number of fused-ring (bicyclic) bond motifs is 1. The van der Waals surface area contributed by atoms with Crippen LogP contribution in [0.15, 0.2) is 84.9 Å². The fourth-order valence-corrected chi connectivity index (χ4v) is 7.12. The van der Waals surface area contributed by atoms with Gasteiger partial charge in [0, 0.05) is 10.3 Å². The van der Waals surface area contributed by atoms with E-state index in [9.17, 15) is 19.1 Å². The average Bonchev–Trinajstić information content (AvgIpc) is 3.06. The first-order valence-corrected chi connectivity index (χ1v) is 12.3. The molecule has 180 valence electrons. The van der Waals surface area contributed by atoms with Gasteiger partial charge in [0.15, 0.2) is 6.10 Å². The number of carbonyl (C=O) groups is 2. The van der Waals surface area contributed by atoms with Gasteiger partial charge in [-0.05, 0) is 31.0 Å². The molecule has 0 aliphatic carbocycles. The Hall–Kier alpha value is -3.16. The molecule has 7 heteroatoms. The van der Waals surface area contributed by atoms with Crippen molar-refractivity contribution in [1.29, 1.82) is 0 Å². The number of thioether (sulfide) groups is 1. The van der Waals surface area contributed by atoms with Crippen LogP contribution in [0.1, 0.15) is 49.2 Å². The summed E-state index contributed by atoms with van der Waals surface area (Å²) in [4.78, 5) is 26.9. The smallest absolute Gasteiger partial charge is 0.331 e. The van der Waals surface area contributed by atoms with Gasteiger partial charge in [-0.3, -0.25) is 4.79 Å². The van der Waals surface area contributed by atoms with Crippen molar-refractivity contribution in [3.63, 3.8) is 0 Å². The molecular weight excluding hydrogens is 465 g/mol. The molecule has 3 aromatic carbocycles. The Morgan fingerprint density at radius 2 is 1.54 bits per heavy atom. The van der Waals surface area contributed by atoms with Crippen LogP contribution in [0.5, 0.6) is 0 Å². The molecule has 1 N–H and O–H groups in total. The van der Waals surface area contributed by atoms with E-state index < -0.39 is 39.7 Å². The van der Waals surface area contributed by atoms with Crippen LogP contribution in [0.25, 0.3) is 0 Å². The number of aliphatic hydroxyl groups excluding tert-OH is 1. The number of hydrogen-bond donors (Lipinski definition) is 1. The van der Waals surface area contributed by atoms with E-state index in [2.05, 4.69) is 0 Å². The minimum absolute atomic E-state index is 0.0151. The Morgan fingerprint density at radius 3 is 2.09 bits per heavy atom. The number of amides is 1. The first-order valence-electron chi connectivity index (χ1n) is 11.5. The Balaban J connectivity index is 1.49. The number of esters is 1. The van der Waals surface area contributed by atoms with E-state index in [-0.39, 0.29) is 17.9 Å². The standard InChI is InChI=1S/C28H26FNO4S/c1-27(2)24(26(33)34-23(18-11-5-3-6-12-18)19-13-7-4-8-14-19)30-22(31)17-28(30,35-27)25(32)20-15-9-10-16-21(20)29/h3-16,23-25,32H,17H2,1-2H3/t24-,25?,28?/m0/s1. The third-order valence-electron chi connectivity index (χ3n) is 6.73. The highest BCUT2D eigenvalue weighted by Crippen LogP contribution is 2.63. The summed E-state index contributed by atoms with van der Waals surface area (Å²) in [7, 11) is 0. The van der Waals surface area contributed by atoms with Crippen molar-refractivity contribution in [2.45, 2.75) is 48.1 Å². The highest BCUT2D eigenvalue weighted by molar-refractivity contribution is 8.02. The van der Waals surface area contributed by atoms with Crippen LogP contribution >= 0.6 is 11.8 Å². The Labute approximate surface area is 207 Å². The molecule has 0 spiro atoms. The summed E-state index contributed by atoms with van der Waals surface area (Å²) in [5, 5.41) is 11.3. The summed E-state index contributed by atoms with van der Waals surface area (Å²) < 4.78 is 19.9. The highest BCUT2D eigenvalue weighted by Gasteiger charge is 2.70. The molecule has 5 nitrogen and oxygen atoms in total. The van der Waals surface area contributed by atoms with E-state index in [0.29, 0.717) is 0 Å². The molecule has 3 aromatic rings. The molecule has 2 aliphatic heterocycles. The molecular formula is C28H26FNO4S. The van der Waals surface area contributed by atoms with Crippen molar-refractivity contribution in [3.8, 4) is 0 Å². The van der Waals surface area contributed by atoms with Crippen LogP contribution in [0.3, 0.4) is 0 Å². The van der Waals surface area contributed by atoms with Crippen LogP contribution in [0, 0.1) is 5.82 Å². The second kappa shape index (κ2) is 8.81. The summed E-state index contributed by atoms with van der Waals surface area (Å²) in [5.74, 6) is -1.38. The minimum atomic E-state index is -1.29. The molecule has 0 aromatic heterocycles. The largest absolute Gasteiger partial charge is 0.451 e. The van der Waals surface area contributed by atoms with E-state index in [4.69, 9.17) is 4.74 Å². The SMILES string of the molecule is CC1(C)SC2(C(O)c3ccccc3F)CC(=O)N2[C@H]1C(=O)OC(c1ccccc1)c1ccccc1. The number of nitrogens with zero attached hydrogens (tertiary/aromatic N) is 1. The highest BCUT2D eigenvalue weighted by atomic mass is 32.2. The van der Waals surface area contributed by atoms with Crippen molar-refractivity contribution < 1.29 is 23.8 Å². The number of rotatable bonds is 6. The number of carbonyl (C=O) groups excluding carboxylic acids is 2. The van der Waals surface area contributed by atoms with Gasteiger partial charge in [-0.15, -0.1) is 11.8 Å². The lowest BCUT2D eigenvalue weighted by atomic mass is 9.86. The van der Waals surface area contributed by atoms with Crippen molar-refractivity contribution in [2.24, 2.45) is 0 Å². The Morgan fingerprint density at radius 1 is 1.00 bits per heavy atom. The van der Waals surface area contributed by atoms with E-state index in [1.54, 1.807) is 12.1 Å². The fourth-order valence-electron chi connectivity index (χ4n) is 5.15. The van der Waals surface area contributed by atoms with Gasteiger partial charge in [0.05, 0.1) is 6.42 Å². The summed E-state index contributed by atoms with van der Waals surface area (Å²) in [6.45, 7) is 3.70. The maximum absolute atomic E-state index is 14.5. The molecule has 0 saturated carbocycles. The Bertz CT molecular complexity index is 1210. The average molecular weight is 492 g/mol. The molecule has 3 atom stereocenters. The van der Waals surface area contributed by atoms with Gasteiger partial charge in [-0.25, -0.2) is 9.18 Å². The van der Waals surface area contributed by atoms with E-state index >= 15 is 0 Å². The first kappa shape index (κ1) is 23.6.